The van der Waals surface area contributed by atoms with Gasteiger partial charge < -0.3 is 14.2 Å². The Hall–Kier alpha value is -1.52. The lowest BCUT2D eigenvalue weighted by Gasteiger charge is -2.32. The Morgan fingerprint density at radius 2 is 2.05 bits per heavy atom. The predicted molar refractivity (Wildman–Crippen MR) is 79.0 cm³/mol. The number of likely N-dealkylation sites (N-methyl/N-ethyl adjacent to an activating group) is 1. The molecule has 1 saturated heterocycles. The van der Waals surface area contributed by atoms with Gasteiger partial charge in [0.2, 0.25) is 5.91 Å². The summed E-state index contributed by atoms with van der Waals surface area (Å²) in [7, 11) is 2.08. The number of hydrogen-bond acceptors (Lipinski definition) is 3. The third-order valence-electron chi connectivity index (χ3n) is 3.81. The minimum Gasteiger partial charge on any atom is -0.464 e. The predicted octanol–water partition coefficient (Wildman–Crippen LogP) is 2.40. The first-order valence-corrected chi connectivity index (χ1v) is 7.13. The molecule has 2 heterocycles. The van der Waals surface area contributed by atoms with E-state index in [-0.39, 0.29) is 5.91 Å². The van der Waals surface area contributed by atoms with E-state index in [2.05, 4.69) is 11.9 Å². The number of amides is 1. The van der Waals surface area contributed by atoms with Gasteiger partial charge in [-0.2, -0.15) is 0 Å². The summed E-state index contributed by atoms with van der Waals surface area (Å²) in [6.07, 6.45) is 2.03. The van der Waals surface area contributed by atoms with Gasteiger partial charge in [0, 0.05) is 42.2 Å². The third kappa shape index (κ3) is 2.67. The molecule has 0 N–H and O–H groups in total. The van der Waals surface area contributed by atoms with Crippen LogP contribution in [0.3, 0.4) is 0 Å². The van der Waals surface area contributed by atoms with E-state index in [0.717, 1.165) is 42.7 Å². The number of piperazine rings is 1. The molecule has 4 nitrogen and oxygen atoms in total. The summed E-state index contributed by atoms with van der Waals surface area (Å²) < 4.78 is 5.47. The summed E-state index contributed by atoms with van der Waals surface area (Å²) >= 11 is 6.01. The summed E-state index contributed by atoms with van der Waals surface area (Å²) in [5.41, 5.74) is 1.68. The van der Waals surface area contributed by atoms with Crippen molar-refractivity contribution in [3.8, 4) is 0 Å². The van der Waals surface area contributed by atoms with Gasteiger partial charge in [-0.25, -0.2) is 0 Å². The Kier molecular flexibility index (Phi) is 3.68. The molecule has 0 atom stereocenters. The maximum Gasteiger partial charge on any atom is 0.227 e. The van der Waals surface area contributed by atoms with Crippen LogP contribution < -0.4 is 0 Å². The van der Waals surface area contributed by atoms with Gasteiger partial charge in [-0.3, -0.25) is 4.79 Å². The van der Waals surface area contributed by atoms with Crippen LogP contribution in [0.1, 0.15) is 5.56 Å². The molecule has 1 aromatic heterocycles. The first-order valence-electron chi connectivity index (χ1n) is 6.75. The molecule has 0 radical (unpaired) electrons. The zero-order valence-electron chi connectivity index (χ0n) is 11.4. The van der Waals surface area contributed by atoms with Crippen LogP contribution in [-0.4, -0.2) is 48.9 Å². The molecular weight excluding hydrogens is 276 g/mol. The van der Waals surface area contributed by atoms with Gasteiger partial charge in [-0.15, -0.1) is 0 Å². The van der Waals surface area contributed by atoms with E-state index in [0.29, 0.717) is 11.4 Å². The van der Waals surface area contributed by atoms with Crippen molar-refractivity contribution in [2.45, 2.75) is 6.42 Å². The second-order valence-corrected chi connectivity index (χ2v) is 5.70. The van der Waals surface area contributed by atoms with Gasteiger partial charge in [-0.05, 0) is 25.2 Å². The van der Waals surface area contributed by atoms with Crippen LogP contribution in [0.5, 0.6) is 0 Å². The van der Waals surface area contributed by atoms with E-state index in [9.17, 15) is 4.79 Å². The molecular formula is C15H17ClN2O2. The smallest absolute Gasteiger partial charge is 0.227 e. The molecule has 3 rings (SSSR count). The normalized spacial score (nSPS) is 16.8. The second-order valence-electron chi connectivity index (χ2n) is 5.26. The molecule has 0 bridgehead atoms. The number of rotatable bonds is 2. The van der Waals surface area contributed by atoms with E-state index < -0.39 is 0 Å². The number of furan rings is 1. The highest BCUT2D eigenvalue weighted by Gasteiger charge is 2.20. The van der Waals surface area contributed by atoms with Gasteiger partial charge in [-0.1, -0.05) is 11.6 Å². The number of fused-ring (bicyclic) bond motifs is 1. The van der Waals surface area contributed by atoms with Crippen LogP contribution in [0.2, 0.25) is 5.02 Å². The Labute approximate surface area is 122 Å². The SMILES string of the molecule is CN1CCN(C(=O)Cc2coc3ccc(Cl)cc23)CC1. The van der Waals surface area contributed by atoms with E-state index >= 15 is 0 Å². The van der Waals surface area contributed by atoms with Crippen molar-refractivity contribution in [3.05, 3.63) is 35.0 Å². The molecule has 20 heavy (non-hydrogen) atoms. The maximum atomic E-state index is 12.3. The van der Waals surface area contributed by atoms with Crippen molar-refractivity contribution in [2.75, 3.05) is 33.2 Å². The van der Waals surface area contributed by atoms with E-state index in [4.69, 9.17) is 16.0 Å². The lowest BCUT2D eigenvalue weighted by atomic mass is 10.1. The van der Waals surface area contributed by atoms with Crippen molar-refractivity contribution in [1.29, 1.82) is 0 Å². The quantitative estimate of drug-likeness (QED) is 0.853. The molecule has 1 aliphatic heterocycles. The van der Waals surface area contributed by atoms with E-state index in [1.807, 2.05) is 17.0 Å². The van der Waals surface area contributed by atoms with Gasteiger partial charge in [0.1, 0.15) is 5.58 Å². The van der Waals surface area contributed by atoms with Gasteiger partial charge in [0.25, 0.3) is 0 Å². The highest BCUT2D eigenvalue weighted by Crippen LogP contribution is 2.25. The second kappa shape index (κ2) is 5.46. The van der Waals surface area contributed by atoms with Crippen molar-refractivity contribution in [2.24, 2.45) is 0 Å². The average Bonchev–Trinajstić information content (AvgIpc) is 2.82. The first-order chi connectivity index (χ1) is 9.63. The average molecular weight is 293 g/mol. The first kappa shape index (κ1) is 13.5. The highest BCUT2D eigenvalue weighted by atomic mass is 35.5. The molecule has 1 amide bonds. The van der Waals surface area contributed by atoms with Crippen molar-refractivity contribution in [3.63, 3.8) is 0 Å². The number of benzene rings is 1. The largest absolute Gasteiger partial charge is 0.464 e. The fraction of sp³-hybridized carbons (Fsp3) is 0.400. The van der Waals surface area contributed by atoms with Crippen molar-refractivity contribution >= 4 is 28.5 Å². The summed E-state index contributed by atoms with van der Waals surface area (Å²) in [5, 5.41) is 1.59. The Morgan fingerprint density at radius 1 is 1.30 bits per heavy atom. The number of carbonyl (C=O) groups is 1. The van der Waals surface area contributed by atoms with Crippen LogP contribution in [0, 0.1) is 0 Å². The fourth-order valence-corrected chi connectivity index (χ4v) is 2.69. The van der Waals surface area contributed by atoms with Crippen LogP contribution in [0.4, 0.5) is 0 Å². The Morgan fingerprint density at radius 3 is 2.80 bits per heavy atom. The molecule has 106 valence electrons. The number of hydrogen-bond donors (Lipinski definition) is 0. The molecule has 1 aromatic carbocycles. The van der Waals surface area contributed by atoms with Crippen LogP contribution >= 0.6 is 11.6 Å². The van der Waals surface area contributed by atoms with Crippen LogP contribution in [0.25, 0.3) is 11.0 Å². The molecule has 1 aliphatic rings. The summed E-state index contributed by atoms with van der Waals surface area (Å²) in [6.45, 7) is 3.46. The standard InChI is InChI=1S/C15H17ClN2O2/c1-17-4-6-18(7-5-17)15(19)8-11-10-20-14-3-2-12(16)9-13(11)14/h2-3,9-10H,4-8H2,1H3. The summed E-state index contributed by atoms with van der Waals surface area (Å²) in [4.78, 5) is 16.5. The third-order valence-corrected chi connectivity index (χ3v) is 4.05. The Balaban J connectivity index is 1.76. The van der Waals surface area contributed by atoms with E-state index in [1.54, 1.807) is 12.3 Å². The zero-order chi connectivity index (χ0) is 14.1. The minimum absolute atomic E-state index is 0.153. The number of halogens is 1. The fourth-order valence-electron chi connectivity index (χ4n) is 2.52. The monoisotopic (exact) mass is 292 g/mol. The van der Waals surface area contributed by atoms with Crippen LogP contribution in [0.15, 0.2) is 28.9 Å². The number of nitrogens with zero attached hydrogens (tertiary/aromatic N) is 2. The van der Waals surface area contributed by atoms with Crippen molar-refractivity contribution in [1.82, 2.24) is 9.80 Å². The molecule has 1 fully saturated rings. The Bertz CT molecular complexity index is 630. The molecule has 0 spiro atoms. The van der Waals surface area contributed by atoms with Gasteiger partial charge >= 0.3 is 0 Å². The summed E-state index contributed by atoms with van der Waals surface area (Å²) in [5.74, 6) is 0.153. The molecule has 0 aliphatic carbocycles. The topological polar surface area (TPSA) is 36.7 Å². The van der Waals surface area contributed by atoms with Gasteiger partial charge in [0.05, 0.1) is 12.7 Å². The van der Waals surface area contributed by atoms with Gasteiger partial charge in [0.15, 0.2) is 0 Å². The zero-order valence-corrected chi connectivity index (χ0v) is 12.2. The lowest BCUT2D eigenvalue weighted by Crippen LogP contribution is -2.47. The van der Waals surface area contributed by atoms with E-state index in [1.165, 1.54) is 0 Å². The molecule has 0 unspecified atom stereocenters. The van der Waals surface area contributed by atoms with Crippen LogP contribution in [-0.2, 0) is 11.2 Å². The molecule has 0 saturated carbocycles. The maximum absolute atomic E-state index is 12.3. The molecule has 2 aromatic rings. The summed E-state index contributed by atoms with van der Waals surface area (Å²) in [6, 6.07) is 5.48. The number of carbonyl (C=O) groups excluding carboxylic acids is 1. The lowest BCUT2D eigenvalue weighted by molar-refractivity contribution is -0.132. The highest BCUT2D eigenvalue weighted by molar-refractivity contribution is 6.31. The van der Waals surface area contributed by atoms with Crippen molar-refractivity contribution < 1.29 is 9.21 Å². The molecule has 5 heteroatoms. The minimum atomic E-state index is 0.153.